The molecule has 0 saturated carbocycles. The number of hydrogen-bond donors (Lipinski definition) is 0. The summed E-state index contributed by atoms with van der Waals surface area (Å²) in [7, 11) is 3.55. The van der Waals surface area contributed by atoms with Gasteiger partial charge in [0.1, 0.15) is 11.5 Å². The van der Waals surface area contributed by atoms with E-state index in [0.717, 1.165) is 13.1 Å². The zero-order chi connectivity index (χ0) is 17.3. The summed E-state index contributed by atoms with van der Waals surface area (Å²) in [5.41, 5.74) is 0.625. The number of hydrogen-bond acceptors (Lipinski definition) is 6. The van der Waals surface area contributed by atoms with Crippen LogP contribution in [0.15, 0.2) is 18.5 Å². The average molecular weight is 351 g/mol. The molecule has 0 aliphatic carbocycles. The number of amides is 1. The van der Waals surface area contributed by atoms with Gasteiger partial charge in [-0.25, -0.2) is 14.8 Å². The second-order valence-corrected chi connectivity index (χ2v) is 6.22. The third-order valence-electron chi connectivity index (χ3n) is 4.13. The number of carbonyl (C=O) groups excluding carboxylic acids is 1. The number of aromatic nitrogens is 2. The smallest absolute Gasteiger partial charge is 0.415 e. The fourth-order valence-corrected chi connectivity index (χ4v) is 3.03. The third kappa shape index (κ3) is 3.22. The molecule has 0 N–H and O–H groups in total. The number of piperazine rings is 1. The van der Waals surface area contributed by atoms with Crippen molar-refractivity contribution in [1.82, 2.24) is 19.8 Å². The van der Waals surface area contributed by atoms with Crippen LogP contribution >= 0.6 is 11.6 Å². The van der Waals surface area contributed by atoms with Crippen molar-refractivity contribution < 1.29 is 14.3 Å². The Kier molecular flexibility index (Phi) is 4.73. The van der Waals surface area contributed by atoms with E-state index >= 15 is 0 Å². The summed E-state index contributed by atoms with van der Waals surface area (Å²) >= 11 is 6.10. The number of likely N-dealkylation sites (N-methyl/N-ethyl adjacent to an activating group) is 1. The van der Waals surface area contributed by atoms with Gasteiger partial charge in [-0.2, -0.15) is 0 Å². The normalized spacial score (nSPS) is 18.7. The van der Waals surface area contributed by atoms with Crippen LogP contribution in [-0.2, 0) is 0 Å². The van der Waals surface area contributed by atoms with Crippen LogP contribution in [0.2, 0.25) is 5.15 Å². The van der Waals surface area contributed by atoms with Gasteiger partial charge >= 0.3 is 6.09 Å². The van der Waals surface area contributed by atoms with Gasteiger partial charge in [0.25, 0.3) is 0 Å². The third-order valence-corrected chi connectivity index (χ3v) is 4.44. The number of carbonyl (C=O) groups is 1. The Morgan fingerprint density at radius 2 is 2.08 bits per heavy atom. The standard InChI is InChI=1S/C16H19ClN4O3/c1-10-8-20(2)4-5-21(10)16(22)24-14-6-11-12(7-13(14)23-3)18-9-19-15(11)17/h6-7,9-10H,4-5,8H2,1-3H3/t10-/m1/s1. The van der Waals surface area contributed by atoms with Gasteiger partial charge < -0.3 is 19.3 Å². The van der Waals surface area contributed by atoms with Crippen LogP contribution in [0.4, 0.5) is 4.79 Å². The first-order valence-electron chi connectivity index (χ1n) is 7.65. The maximum Gasteiger partial charge on any atom is 0.415 e. The molecule has 8 heteroatoms. The van der Waals surface area contributed by atoms with Crippen molar-refractivity contribution in [3.05, 3.63) is 23.6 Å². The average Bonchev–Trinajstić information content (AvgIpc) is 2.55. The van der Waals surface area contributed by atoms with E-state index in [1.165, 1.54) is 13.4 Å². The molecule has 2 aromatic rings. The van der Waals surface area contributed by atoms with Crippen LogP contribution in [0.25, 0.3) is 10.9 Å². The Bertz CT molecular complexity index is 770. The second kappa shape index (κ2) is 6.78. The summed E-state index contributed by atoms with van der Waals surface area (Å²) < 4.78 is 10.9. The van der Waals surface area contributed by atoms with Crippen molar-refractivity contribution >= 4 is 28.6 Å². The van der Waals surface area contributed by atoms with E-state index in [4.69, 9.17) is 21.1 Å². The monoisotopic (exact) mass is 350 g/mol. The van der Waals surface area contributed by atoms with Crippen molar-refractivity contribution in [2.75, 3.05) is 33.8 Å². The Hall–Kier alpha value is -2.12. The van der Waals surface area contributed by atoms with Crippen LogP contribution in [0.5, 0.6) is 11.5 Å². The molecule has 1 aliphatic heterocycles. The van der Waals surface area contributed by atoms with Gasteiger partial charge in [0.05, 0.1) is 12.6 Å². The van der Waals surface area contributed by atoms with Crippen molar-refractivity contribution in [1.29, 1.82) is 0 Å². The Balaban J connectivity index is 1.88. The van der Waals surface area contributed by atoms with E-state index in [0.29, 0.717) is 34.1 Å². The maximum absolute atomic E-state index is 12.5. The molecule has 0 radical (unpaired) electrons. The van der Waals surface area contributed by atoms with Gasteiger partial charge in [0.15, 0.2) is 11.5 Å². The van der Waals surface area contributed by atoms with Crippen LogP contribution in [-0.4, -0.2) is 65.7 Å². The summed E-state index contributed by atoms with van der Waals surface area (Å²) in [6.45, 7) is 4.24. The van der Waals surface area contributed by atoms with Gasteiger partial charge in [0.2, 0.25) is 0 Å². The zero-order valence-corrected chi connectivity index (χ0v) is 14.6. The first-order chi connectivity index (χ1) is 11.5. The highest BCUT2D eigenvalue weighted by molar-refractivity contribution is 6.34. The molecule has 0 bridgehead atoms. The molecule has 1 aromatic heterocycles. The van der Waals surface area contributed by atoms with Gasteiger partial charge in [-0.05, 0) is 20.0 Å². The summed E-state index contributed by atoms with van der Waals surface area (Å²) in [6, 6.07) is 3.39. The molecule has 1 aromatic carbocycles. The lowest BCUT2D eigenvalue weighted by molar-refractivity contribution is 0.0886. The van der Waals surface area contributed by atoms with Crippen LogP contribution in [0.1, 0.15) is 6.92 Å². The number of halogens is 1. The molecule has 3 rings (SSSR count). The minimum atomic E-state index is -0.402. The van der Waals surface area contributed by atoms with E-state index in [2.05, 4.69) is 14.9 Å². The minimum Gasteiger partial charge on any atom is -0.493 e. The molecular weight excluding hydrogens is 332 g/mol. The lowest BCUT2D eigenvalue weighted by Crippen LogP contribution is -2.53. The SMILES string of the molecule is COc1cc2ncnc(Cl)c2cc1OC(=O)N1CCN(C)C[C@H]1C. The van der Waals surface area contributed by atoms with E-state index < -0.39 is 6.09 Å². The summed E-state index contributed by atoms with van der Waals surface area (Å²) in [6.07, 6.45) is 0.975. The topological polar surface area (TPSA) is 67.8 Å². The lowest BCUT2D eigenvalue weighted by Gasteiger charge is -2.37. The molecule has 128 valence electrons. The number of rotatable bonds is 2. The fourth-order valence-electron chi connectivity index (χ4n) is 2.84. The predicted molar refractivity (Wildman–Crippen MR) is 90.8 cm³/mol. The number of benzene rings is 1. The van der Waals surface area contributed by atoms with Crippen LogP contribution in [0, 0.1) is 0 Å². The van der Waals surface area contributed by atoms with Crippen LogP contribution < -0.4 is 9.47 Å². The fraction of sp³-hybridized carbons (Fsp3) is 0.438. The van der Waals surface area contributed by atoms with E-state index in [1.54, 1.807) is 17.0 Å². The number of methoxy groups -OCH3 is 1. The first kappa shape index (κ1) is 16.7. The highest BCUT2D eigenvalue weighted by atomic mass is 35.5. The molecule has 0 unspecified atom stereocenters. The van der Waals surface area contributed by atoms with Crippen molar-refractivity contribution in [2.24, 2.45) is 0 Å². The summed E-state index contributed by atoms with van der Waals surface area (Å²) in [5.74, 6) is 0.727. The molecular formula is C16H19ClN4O3. The Morgan fingerprint density at radius 1 is 1.29 bits per heavy atom. The highest BCUT2D eigenvalue weighted by Gasteiger charge is 2.28. The molecule has 7 nitrogen and oxygen atoms in total. The molecule has 1 saturated heterocycles. The van der Waals surface area contributed by atoms with Crippen LogP contribution in [0.3, 0.4) is 0 Å². The van der Waals surface area contributed by atoms with E-state index in [-0.39, 0.29) is 6.04 Å². The maximum atomic E-state index is 12.5. The summed E-state index contributed by atoms with van der Waals surface area (Å²) in [4.78, 5) is 24.5. The van der Waals surface area contributed by atoms with Gasteiger partial charge in [-0.15, -0.1) is 0 Å². The largest absolute Gasteiger partial charge is 0.493 e. The zero-order valence-electron chi connectivity index (χ0n) is 13.8. The number of fused-ring (bicyclic) bond motifs is 1. The number of nitrogens with zero attached hydrogens (tertiary/aromatic N) is 4. The van der Waals surface area contributed by atoms with Crippen molar-refractivity contribution in [2.45, 2.75) is 13.0 Å². The van der Waals surface area contributed by atoms with Gasteiger partial charge in [-0.1, -0.05) is 11.6 Å². The van der Waals surface area contributed by atoms with E-state index in [1.807, 2.05) is 14.0 Å². The molecule has 1 atom stereocenters. The quantitative estimate of drug-likeness (QED) is 0.775. The molecule has 24 heavy (non-hydrogen) atoms. The molecule has 2 heterocycles. The highest BCUT2D eigenvalue weighted by Crippen LogP contribution is 2.34. The van der Waals surface area contributed by atoms with Gasteiger partial charge in [0, 0.05) is 37.1 Å². The number of ether oxygens (including phenoxy) is 2. The lowest BCUT2D eigenvalue weighted by atomic mass is 10.2. The second-order valence-electron chi connectivity index (χ2n) is 5.86. The van der Waals surface area contributed by atoms with Crippen molar-refractivity contribution in [3.8, 4) is 11.5 Å². The van der Waals surface area contributed by atoms with E-state index in [9.17, 15) is 4.79 Å². The minimum absolute atomic E-state index is 0.0784. The molecule has 1 fully saturated rings. The summed E-state index contributed by atoms with van der Waals surface area (Å²) in [5, 5.41) is 0.905. The molecule has 1 amide bonds. The van der Waals surface area contributed by atoms with Crippen molar-refractivity contribution in [3.63, 3.8) is 0 Å². The molecule has 1 aliphatic rings. The van der Waals surface area contributed by atoms with Gasteiger partial charge in [-0.3, -0.25) is 0 Å². The molecule has 0 spiro atoms. The Morgan fingerprint density at radius 3 is 2.79 bits per heavy atom. The Labute approximate surface area is 145 Å². The first-order valence-corrected chi connectivity index (χ1v) is 8.02. The predicted octanol–water partition coefficient (Wildman–Crippen LogP) is 2.43.